The fourth-order valence-corrected chi connectivity index (χ4v) is 13.2. The molecule has 0 spiro atoms. The van der Waals surface area contributed by atoms with Gasteiger partial charge in [-0.15, -0.1) is 0 Å². The highest BCUT2D eigenvalue weighted by molar-refractivity contribution is 6.21. The Morgan fingerprint density at radius 3 is 1.08 bits per heavy atom. The highest BCUT2D eigenvalue weighted by Crippen LogP contribution is 2.45. The Morgan fingerprint density at radius 2 is 0.631 bits per heavy atom. The van der Waals surface area contributed by atoms with Crippen molar-refractivity contribution >= 4 is 87.2 Å². The van der Waals surface area contributed by atoms with Crippen molar-refractivity contribution in [2.24, 2.45) is 0 Å². The molecule has 5 heterocycles. The monoisotopic (exact) mass is 1070 g/mol. The first-order valence-electron chi connectivity index (χ1n) is 28.2. The third-order valence-electron chi connectivity index (χ3n) is 16.8. The average Bonchev–Trinajstić information content (AvgIpc) is 2.13. The predicted octanol–water partition coefficient (Wildman–Crippen LogP) is 18.8. The number of rotatable bonds is 8. The zero-order valence-electron chi connectivity index (χ0n) is 45.1. The lowest BCUT2D eigenvalue weighted by atomic mass is 9.96. The van der Waals surface area contributed by atoms with E-state index in [1.54, 1.807) is 0 Å². The topological polar surface area (TPSA) is 82.2 Å². The van der Waals surface area contributed by atoms with Crippen molar-refractivity contribution < 1.29 is 0 Å². The standard InChI is InChI=1S/C76H46N8/c77-47-63-53(34-21-39-68(63)83-66-37-19-15-32-56(66)60-43-58-54-30-13-17-35-64(54)81(70(58)45-72(60)83)51-26-9-3-10-27-51)50-40-41-69(62(42-50)76-79-74(48-22-5-1-6-23-48)78-75(80-76)49-24-7-2-8-25-49)84-67-38-20-16-33-57(67)61-44-59-55-31-14-18-36-65(55)82(71(59)46-73(61)84)52-28-11-4-12-29-52/h1-46H. The zero-order valence-corrected chi connectivity index (χ0v) is 45.1. The van der Waals surface area contributed by atoms with Crippen LogP contribution in [0.5, 0.6) is 0 Å². The van der Waals surface area contributed by atoms with Gasteiger partial charge in [0.25, 0.3) is 0 Å². The summed E-state index contributed by atoms with van der Waals surface area (Å²) in [5.41, 5.74) is 17.1. The van der Waals surface area contributed by atoms with Crippen molar-refractivity contribution in [3.05, 3.63) is 285 Å². The molecule has 8 heteroatoms. The van der Waals surface area contributed by atoms with Crippen LogP contribution in [0.3, 0.4) is 0 Å². The minimum absolute atomic E-state index is 0.500. The fourth-order valence-electron chi connectivity index (χ4n) is 13.2. The molecule has 0 saturated heterocycles. The SMILES string of the molecule is N#Cc1c(-c2ccc(-n3c4ccccc4c4cc5c6ccccc6n(-c6ccccc6)c5cc43)c(-c3nc(-c4ccccc4)nc(-c4ccccc4)n3)c2)cccc1-n1c2ccccc2c2cc3c4ccccc4n(-c4ccccc4)c3cc21. The summed E-state index contributed by atoms with van der Waals surface area (Å²) in [7, 11) is 0. The molecule has 84 heavy (non-hydrogen) atoms. The molecule has 17 rings (SSSR count). The second-order valence-electron chi connectivity index (χ2n) is 21.4. The Hall–Kier alpha value is -11.7. The van der Waals surface area contributed by atoms with Crippen LogP contribution in [0, 0.1) is 11.3 Å². The molecule has 0 aliphatic carbocycles. The largest absolute Gasteiger partial charge is 0.309 e. The number of para-hydroxylation sites is 6. The summed E-state index contributed by atoms with van der Waals surface area (Å²) >= 11 is 0. The molecule has 0 radical (unpaired) electrons. The molecule has 0 unspecified atom stereocenters. The van der Waals surface area contributed by atoms with E-state index in [2.05, 4.69) is 243 Å². The van der Waals surface area contributed by atoms with E-state index in [-0.39, 0.29) is 0 Å². The molecular formula is C76H46N8. The molecule has 0 fully saturated rings. The van der Waals surface area contributed by atoms with Gasteiger partial charge >= 0.3 is 0 Å². The molecule has 0 aliphatic heterocycles. The van der Waals surface area contributed by atoms with Gasteiger partial charge in [0.05, 0.1) is 61.1 Å². The molecular weight excluding hydrogens is 1020 g/mol. The summed E-state index contributed by atoms with van der Waals surface area (Å²) in [5, 5.41) is 20.9. The minimum atomic E-state index is 0.500. The molecule has 0 atom stereocenters. The Bertz CT molecular complexity index is 5490. The van der Waals surface area contributed by atoms with Crippen LogP contribution in [-0.4, -0.2) is 33.2 Å². The third-order valence-corrected chi connectivity index (χ3v) is 16.8. The molecule has 5 aromatic heterocycles. The Kier molecular flexibility index (Phi) is 10.5. The van der Waals surface area contributed by atoms with Gasteiger partial charge in [0.15, 0.2) is 17.5 Å². The van der Waals surface area contributed by atoms with E-state index in [1.165, 1.54) is 21.5 Å². The van der Waals surface area contributed by atoms with Crippen molar-refractivity contribution in [1.29, 1.82) is 5.26 Å². The van der Waals surface area contributed by atoms with Crippen molar-refractivity contribution in [2.75, 3.05) is 0 Å². The van der Waals surface area contributed by atoms with Gasteiger partial charge in [0.2, 0.25) is 0 Å². The van der Waals surface area contributed by atoms with E-state index in [1.807, 2.05) is 60.7 Å². The van der Waals surface area contributed by atoms with Gasteiger partial charge in [-0.3, -0.25) is 0 Å². The maximum absolute atomic E-state index is 11.8. The van der Waals surface area contributed by atoms with Gasteiger partial charge in [-0.05, 0) is 96.6 Å². The fraction of sp³-hybridized carbons (Fsp3) is 0. The molecule has 0 amide bonds. The molecule has 8 nitrogen and oxygen atoms in total. The smallest absolute Gasteiger partial charge is 0.166 e. The summed E-state index contributed by atoms with van der Waals surface area (Å²) in [6.07, 6.45) is 0. The maximum Gasteiger partial charge on any atom is 0.166 e. The quantitative estimate of drug-likeness (QED) is 0.152. The summed E-state index contributed by atoms with van der Waals surface area (Å²) in [6.45, 7) is 0. The van der Waals surface area contributed by atoms with Gasteiger partial charge in [0.1, 0.15) is 6.07 Å². The lowest BCUT2D eigenvalue weighted by molar-refractivity contribution is 1.06. The van der Waals surface area contributed by atoms with Crippen LogP contribution in [-0.2, 0) is 0 Å². The van der Waals surface area contributed by atoms with E-state index < -0.39 is 0 Å². The van der Waals surface area contributed by atoms with Gasteiger partial charge in [-0.1, -0.05) is 188 Å². The molecule has 0 N–H and O–H groups in total. The first-order chi connectivity index (χ1) is 41.6. The number of hydrogen-bond acceptors (Lipinski definition) is 4. The minimum Gasteiger partial charge on any atom is -0.309 e. The summed E-state index contributed by atoms with van der Waals surface area (Å²) < 4.78 is 9.39. The van der Waals surface area contributed by atoms with Gasteiger partial charge < -0.3 is 18.3 Å². The summed E-state index contributed by atoms with van der Waals surface area (Å²) in [5.74, 6) is 1.61. The Morgan fingerprint density at radius 1 is 0.250 bits per heavy atom. The lowest BCUT2D eigenvalue weighted by Crippen LogP contribution is -2.04. The molecule has 0 saturated carbocycles. The van der Waals surface area contributed by atoms with Gasteiger partial charge in [-0.2, -0.15) is 5.26 Å². The number of fused-ring (bicyclic) bond motifs is 12. The summed E-state index contributed by atoms with van der Waals surface area (Å²) in [6, 6.07) is 101. The summed E-state index contributed by atoms with van der Waals surface area (Å²) in [4.78, 5) is 16.0. The van der Waals surface area contributed by atoms with Crippen LogP contribution >= 0.6 is 0 Å². The molecule has 0 bridgehead atoms. The van der Waals surface area contributed by atoms with Crippen molar-refractivity contribution in [3.63, 3.8) is 0 Å². The van der Waals surface area contributed by atoms with E-state index >= 15 is 0 Å². The van der Waals surface area contributed by atoms with E-state index in [0.717, 1.165) is 116 Å². The third kappa shape index (κ3) is 7.16. The van der Waals surface area contributed by atoms with E-state index in [0.29, 0.717) is 23.0 Å². The molecule has 12 aromatic carbocycles. The number of hydrogen-bond donors (Lipinski definition) is 0. The van der Waals surface area contributed by atoms with Crippen LogP contribution in [0.1, 0.15) is 5.56 Å². The van der Waals surface area contributed by atoms with Crippen LogP contribution in [0.4, 0.5) is 0 Å². The normalized spacial score (nSPS) is 11.8. The molecule has 390 valence electrons. The first kappa shape index (κ1) is 47.2. The van der Waals surface area contributed by atoms with Crippen LogP contribution in [0.25, 0.3) is 155 Å². The van der Waals surface area contributed by atoms with Crippen molar-refractivity contribution in [2.45, 2.75) is 0 Å². The highest BCUT2D eigenvalue weighted by Gasteiger charge is 2.25. The van der Waals surface area contributed by atoms with Crippen molar-refractivity contribution in [1.82, 2.24) is 33.2 Å². The average molecular weight is 1070 g/mol. The zero-order chi connectivity index (χ0) is 55.4. The van der Waals surface area contributed by atoms with Crippen molar-refractivity contribution in [3.8, 4) is 74.1 Å². The lowest BCUT2D eigenvalue weighted by Gasteiger charge is -2.18. The highest BCUT2D eigenvalue weighted by atomic mass is 15.1. The molecule has 0 aliphatic rings. The van der Waals surface area contributed by atoms with Gasteiger partial charge in [-0.25, -0.2) is 15.0 Å². The van der Waals surface area contributed by atoms with Crippen LogP contribution < -0.4 is 0 Å². The second kappa shape index (κ2) is 18.7. The Labute approximate surface area is 481 Å². The molecule has 17 aromatic rings. The van der Waals surface area contributed by atoms with Crippen LogP contribution in [0.2, 0.25) is 0 Å². The first-order valence-corrected chi connectivity index (χ1v) is 28.2. The van der Waals surface area contributed by atoms with E-state index in [4.69, 9.17) is 15.0 Å². The number of nitrogens with zero attached hydrogens (tertiary/aromatic N) is 8. The Balaban J connectivity index is 0.943. The van der Waals surface area contributed by atoms with E-state index in [9.17, 15) is 5.26 Å². The number of nitriles is 1. The van der Waals surface area contributed by atoms with Gasteiger partial charge in [0, 0.05) is 76.7 Å². The number of benzene rings is 12. The predicted molar refractivity (Wildman–Crippen MR) is 344 cm³/mol. The number of aromatic nitrogens is 7. The van der Waals surface area contributed by atoms with Crippen LogP contribution in [0.15, 0.2) is 279 Å². The second-order valence-corrected chi connectivity index (χ2v) is 21.4. The maximum atomic E-state index is 11.8.